The number of nitrogens with two attached hydrogens (primary N) is 1. The zero-order valence-corrected chi connectivity index (χ0v) is 19.3. The Kier molecular flexibility index (Phi) is 8.22. The molecular formula is C26H32N2O5. The van der Waals surface area contributed by atoms with Crippen LogP contribution in [-0.4, -0.2) is 36.5 Å². The minimum atomic E-state index is -0.948. The third-order valence-corrected chi connectivity index (χ3v) is 5.90. The van der Waals surface area contributed by atoms with Gasteiger partial charge >= 0.3 is 6.09 Å². The Morgan fingerprint density at radius 3 is 2.64 bits per heavy atom. The standard InChI is InChI=1S/C26H32N2O5/c1-26(2,33-17-29)15-24(30)23(12-5-6-13-27)28-25(31)32-16-19-9-7-11-21-20-10-4-3-8-18(20)14-22(19)21/h3-4,7-11,17,23H,5-6,12-16,27H2,1-2H3,(H,28,31). The number of nitrogens with one attached hydrogen (secondary N) is 1. The lowest BCUT2D eigenvalue weighted by Gasteiger charge is -2.25. The van der Waals surface area contributed by atoms with Crippen LogP contribution in [0.1, 0.15) is 56.2 Å². The van der Waals surface area contributed by atoms with Gasteiger partial charge in [0.05, 0.1) is 6.04 Å². The predicted molar refractivity (Wildman–Crippen MR) is 126 cm³/mol. The van der Waals surface area contributed by atoms with Gasteiger partial charge in [-0.15, -0.1) is 0 Å². The van der Waals surface area contributed by atoms with Crippen molar-refractivity contribution in [2.75, 3.05) is 6.54 Å². The quantitative estimate of drug-likeness (QED) is 0.319. The molecule has 7 nitrogen and oxygen atoms in total. The summed E-state index contributed by atoms with van der Waals surface area (Å²) >= 11 is 0. The fourth-order valence-corrected chi connectivity index (χ4v) is 4.21. The van der Waals surface area contributed by atoms with Gasteiger partial charge in [-0.2, -0.15) is 0 Å². The average Bonchev–Trinajstić information content (AvgIpc) is 3.16. The molecule has 0 aromatic heterocycles. The molecule has 2 aromatic rings. The van der Waals surface area contributed by atoms with E-state index in [2.05, 4.69) is 23.5 Å². The van der Waals surface area contributed by atoms with Crippen LogP contribution < -0.4 is 11.1 Å². The Labute approximate surface area is 194 Å². The number of ether oxygens (including phenoxy) is 2. The summed E-state index contributed by atoms with van der Waals surface area (Å²) in [6.45, 7) is 4.26. The second kappa shape index (κ2) is 11.1. The predicted octanol–water partition coefficient (Wildman–Crippen LogP) is 3.89. The Hall–Kier alpha value is -3.19. The zero-order valence-electron chi connectivity index (χ0n) is 19.3. The maximum absolute atomic E-state index is 12.8. The van der Waals surface area contributed by atoms with Crippen LogP contribution in [0, 0.1) is 0 Å². The molecule has 1 unspecified atom stereocenters. The third-order valence-electron chi connectivity index (χ3n) is 5.90. The lowest BCUT2D eigenvalue weighted by molar-refractivity contribution is -0.143. The first-order chi connectivity index (χ1) is 15.8. The topological polar surface area (TPSA) is 108 Å². The van der Waals surface area contributed by atoms with E-state index in [4.69, 9.17) is 15.2 Å². The molecule has 0 saturated heterocycles. The van der Waals surface area contributed by atoms with E-state index in [1.165, 1.54) is 16.7 Å². The Bertz CT molecular complexity index is 1000. The van der Waals surface area contributed by atoms with Crippen molar-refractivity contribution in [3.8, 4) is 11.1 Å². The highest BCUT2D eigenvalue weighted by Crippen LogP contribution is 2.38. The zero-order chi connectivity index (χ0) is 23.8. The van der Waals surface area contributed by atoms with Crippen LogP contribution in [0.2, 0.25) is 0 Å². The lowest BCUT2D eigenvalue weighted by Crippen LogP contribution is -2.44. The molecule has 3 rings (SSSR count). The fraction of sp³-hybridized carbons (Fsp3) is 0.423. The van der Waals surface area contributed by atoms with E-state index in [1.54, 1.807) is 13.8 Å². The minimum Gasteiger partial charge on any atom is -0.461 e. The second-order valence-corrected chi connectivity index (χ2v) is 8.95. The SMILES string of the molecule is CC(C)(CC(=O)C(CCCCN)NC(=O)OCc1cccc2c1Cc1ccccc1-2)OC=O. The van der Waals surface area contributed by atoms with Crippen molar-refractivity contribution in [2.24, 2.45) is 5.73 Å². The normalized spacial score (nSPS) is 12.9. The van der Waals surface area contributed by atoms with E-state index in [-0.39, 0.29) is 18.8 Å². The largest absolute Gasteiger partial charge is 0.461 e. The van der Waals surface area contributed by atoms with Gasteiger partial charge in [-0.1, -0.05) is 42.5 Å². The highest BCUT2D eigenvalue weighted by atomic mass is 16.5. The molecule has 7 heteroatoms. The number of fused-ring (bicyclic) bond motifs is 3. The molecule has 0 aliphatic heterocycles. The average molecular weight is 453 g/mol. The molecule has 1 amide bonds. The van der Waals surface area contributed by atoms with Crippen molar-refractivity contribution in [1.82, 2.24) is 5.32 Å². The number of carbonyl (C=O) groups is 3. The van der Waals surface area contributed by atoms with Crippen LogP contribution in [0.4, 0.5) is 4.79 Å². The summed E-state index contributed by atoms with van der Waals surface area (Å²) < 4.78 is 10.5. The van der Waals surface area contributed by atoms with E-state index >= 15 is 0 Å². The molecule has 0 saturated carbocycles. The second-order valence-electron chi connectivity index (χ2n) is 8.95. The molecule has 0 spiro atoms. The summed E-state index contributed by atoms with van der Waals surface area (Å²) in [5, 5.41) is 2.70. The van der Waals surface area contributed by atoms with Crippen LogP contribution in [0.3, 0.4) is 0 Å². The highest BCUT2D eigenvalue weighted by molar-refractivity contribution is 5.88. The van der Waals surface area contributed by atoms with E-state index in [0.717, 1.165) is 24.0 Å². The summed E-state index contributed by atoms with van der Waals surface area (Å²) in [6, 6.07) is 13.5. The molecule has 2 aromatic carbocycles. The van der Waals surface area contributed by atoms with Gasteiger partial charge in [-0.25, -0.2) is 4.79 Å². The van der Waals surface area contributed by atoms with Gasteiger partial charge in [0.1, 0.15) is 12.2 Å². The maximum Gasteiger partial charge on any atom is 0.408 e. The first-order valence-electron chi connectivity index (χ1n) is 11.3. The van der Waals surface area contributed by atoms with Crippen LogP contribution >= 0.6 is 0 Å². The Balaban J connectivity index is 1.62. The molecule has 0 radical (unpaired) electrons. The van der Waals surface area contributed by atoms with E-state index in [0.29, 0.717) is 25.9 Å². The van der Waals surface area contributed by atoms with Gasteiger partial charge < -0.3 is 20.5 Å². The Morgan fingerprint density at radius 2 is 1.88 bits per heavy atom. The van der Waals surface area contributed by atoms with Gasteiger partial charge in [0.2, 0.25) is 0 Å². The molecule has 1 aliphatic rings. The van der Waals surface area contributed by atoms with Gasteiger partial charge in [-0.05, 0) is 73.9 Å². The first kappa shape index (κ1) is 24.5. The molecule has 1 aliphatic carbocycles. The van der Waals surface area contributed by atoms with Gasteiger partial charge in [0.25, 0.3) is 6.47 Å². The molecule has 33 heavy (non-hydrogen) atoms. The molecule has 0 fully saturated rings. The number of amides is 1. The Morgan fingerprint density at radius 1 is 1.12 bits per heavy atom. The number of alkyl carbamates (subject to hydrolysis) is 1. The van der Waals surface area contributed by atoms with E-state index < -0.39 is 17.7 Å². The molecule has 3 N–H and O–H groups in total. The maximum atomic E-state index is 12.8. The molecule has 0 heterocycles. The fourth-order valence-electron chi connectivity index (χ4n) is 4.21. The van der Waals surface area contributed by atoms with Gasteiger partial charge in [0, 0.05) is 6.42 Å². The van der Waals surface area contributed by atoms with E-state index in [1.807, 2.05) is 24.3 Å². The van der Waals surface area contributed by atoms with Crippen molar-refractivity contribution in [3.63, 3.8) is 0 Å². The number of carbonyl (C=O) groups excluding carboxylic acids is 3. The third kappa shape index (κ3) is 6.42. The van der Waals surface area contributed by atoms with Crippen molar-refractivity contribution in [1.29, 1.82) is 0 Å². The number of hydrogen-bond acceptors (Lipinski definition) is 6. The highest BCUT2D eigenvalue weighted by Gasteiger charge is 2.29. The summed E-state index contributed by atoms with van der Waals surface area (Å²) in [5.41, 5.74) is 10.4. The number of rotatable bonds is 12. The van der Waals surface area contributed by atoms with Crippen molar-refractivity contribution >= 4 is 18.3 Å². The number of hydrogen-bond donors (Lipinski definition) is 2. The van der Waals surface area contributed by atoms with Crippen molar-refractivity contribution < 1.29 is 23.9 Å². The number of benzene rings is 2. The summed E-state index contributed by atoms with van der Waals surface area (Å²) in [4.78, 5) is 36.1. The van der Waals surface area contributed by atoms with Crippen molar-refractivity contribution in [3.05, 3.63) is 59.2 Å². The summed E-state index contributed by atoms with van der Waals surface area (Å²) in [6.07, 6.45) is 2.02. The van der Waals surface area contributed by atoms with E-state index in [9.17, 15) is 14.4 Å². The molecule has 176 valence electrons. The number of unbranched alkanes of at least 4 members (excludes halogenated alkanes) is 1. The number of Topliss-reactive ketones (excluding diaryl/α,β-unsaturated/α-hetero) is 1. The monoisotopic (exact) mass is 452 g/mol. The molecule has 1 atom stereocenters. The van der Waals surface area contributed by atoms with Crippen molar-refractivity contribution in [2.45, 2.75) is 64.2 Å². The van der Waals surface area contributed by atoms with Crippen LogP contribution in [0.25, 0.3) is 11.1 Å². The number of ketones is 1. The minimum absolute atomic E-state index is 0.0102. The molecular weight excluding hydrogens is 420 g/mol. The van der Waals surface area contributed by atoms with Gasteiger partial charge in [0.15, 0.2) is 5.78 Å². The molecule has 0 bridgehead atoms. The van der Waals surface area contributed by atoms with Crippen LogP contribution in [0.5, 0.6) is 0 Å². The van der Waals surface area contributed by atoms with Crippen LogP contribution in [0.15, 0.2) is 42.5 Å². The lowest BCUT2D eigenvalue weighted by atomic mass is 9.95. The summed E-state index contributed by atoms with van der Waals surface area (Å²) in [5.74, 6) is -0.216. The summed E-state index contributed by atoms with van der Waals surface area (Å²) in [7, 11) is 0. The van der Waals surface area contributed by atoms with Gasteiger partial charge in [-0.3, -0.25) is 9.59 Å². The van der Waals surface area contributed by atoms with Crippen LogP contribution in [-0.2, 0) is 32.1 Å². The smallest absolute Gasteiger partial charge is 0.408 e. The first-order valence-corrected chi connectivity index (χ1v) is 11.3.